The Balaban J connectivity index is 1.67. The molecule has 0 radical (unpaired) electrons. The third-order valence-corrected chi connectivity index (χ3v) is 7.03. The van der Waals surface area contributed by atoms with E-state index in [2.05, 4.69) is 20.8 Å². The summed E-state index contributed by atoms with van der Waals surface area (Å²) in [6.07, 6.45) is 6.26. The predicted octanol–water partition coefficient (Wildman–Crippen LogP) is 3.71. The van der Waals surface area contributed by atoms with Crippen LogP contribution in [-0.2, 0) is 0 Å². The van der Waals surface area contributed by atoms with Crippen molar-refractivity contribution >= 4 is 0 Å². The molecule has 14 heavy (non-hydrogen) atoms. The van der Waals surface area contributed by atoms with Gasteiger partial charge in [0.2, 0.25) is 0 Å². The van der Waals surface area contributed by atoms with Crippen LogP contribution in [0.2, 0.25) is 0 Å². The molecule has 0 N–H and O–H groups in total. The predicted molar refractivity (Wildman–Crippen MR) is 57.8 cm³/mol. The average Bonchev–Trinajstić information content (AvgIpc) is 2.72. The smallest absolute Gasteiger partial charge is 0.0176 e. The Bertz CT molecular complexity index is 303. The van der Waals surface area contributed by atoms with Crippen molar-refractivity contribution in [1.82, 2.24) is 0 Å². The third kappa shape index (κ3) is 0.581. The molecule has 78 valence electrons. The van der Waals surface area contributed by atoms with Gasteiger partial charge in [0.05, 0.1) is 0 Å². The minimum absolute atomic E-state index is 0.782. The summed E-state index contributed by atoms with van der Waals surface area (Å²) in [5.74, 6) is 5.63. The van der Waals surface area contributed by atoms with Crippen molar-refractivity contribution in [2.75, 3.05) is 0 Å². The van der Waals surface area contributed by atoms with Gasteiger partial charge in [-0.3, -0.25) is 0 Å². The van der Waals surface area contributed by atoms with Gasteiger partial charge in [0.25, 0.3) is 0 Å². The summed E-state index contributed by atoms with van der Waals surface area (Å²) >= 11 is 0. The van der Waals surface area contributed by atoms with Crippen molar-refractivity contribution < 1.29 is 0 Å². The Labute approximate surface area is 87.5 Å². The zero-order chi connectivity index (χ0) is 9.72. The van der Waals surface area contributed by atoms with Gasteiger partial charge in [0.1, 0.15) is 0 Å². The van der Waals surface area contributed by atoms with Gasteiger partial charge in [-0.25, -0.2) is 0 Å². The summed E-state index contributed by atoms with van der Waals surface area (Å²) in [6, 6.07) is 0. The van der Waals surface area contributed by atoms with E-state index in [9.17, 15) is 0 Å². The van der Waals surface area contributed by atoms with Gasteiger partial charge in [-0.05, 0) is 66.1 Å². The molecule has 7 unspecified atom stereocenters. The Kier molecular flexibility index (Phi) is 1.14. The van der Waals surface area contributed by atoms with Crippen LogP contribution in [0.5, 0.6) is 0 Å². The van der Waals surface area contributed by atoms with Crippen molar-refractivity contribution in [2.45, 2.75) is 46.5 Å². The SMILES string of the molecule is CC1CC1(C)C1CC2C3CCC(C)C321. The van der Waals surface area contributed by atoms with Gasteiger partial charge in [0, 0.05) is 0 Å². The molecular formula is C14H22. The first-order chi connectivity index (χ1) is 6.61. The molecule has 0 aliphatic heterocycles. The molecule has 4 rings (SSSR count). The van der Waals surface area contributed by atoms with Gasteiger partial charge in [0.15, 0.2) is 0 Å². The number of hydrogen-bond donors (Lipinski definition) is 0. The molecule has 0 aromatic rings. The van der Waals surface area contributed by atoms with Crippen LogP contribution in [0.4, 0.5) is 0 Å². The maximum absolute atomic E-state index is 2.58. The van der Waals surface area contributed by atoms with E-state index in [1.54, 1.807) is 19.3 Å². The first kappa shape index (κ1) is 8.19. The normalized spacial score (nSPS) is 73.5. The summed E-state index contributed by atoms with van der Waals surface area (Å²) in [5, 5.41) is 0. The van der Waals surface area contributed by atoms with Crippen LogP contribution in [0, 0.1) is 40.4 Å². The maximum atomic E-state index is 2.58. The molecule has 0 aromatic carbocycles. The molecule has 4 aliphatic rings. The molecule has 0 heteroatoms. The highest BCUT2D eigenvalue weighted by molar-refractivity contribution is 5.30. The topological polar surface area (TPSA) is 0 Å². The largest absolute Gasteiger partial charge is 0.0620 e. The van der Waals surface area contributed by atoms with E-state index in [0.29, 0.717) is 0 Å². The molecule has 4 saturated carbocycles. The van der Waals surface area contributed by atoms with E-state index in [1.807, 2.05) is 0 Å². The Hall–Kier alpha value is 0. The van der Waals surface area contributed by atoms with E-state index >= 15 is 0 Å². The molecule has 0 bridgehead atoms. The van der Waals surface area contributed by atoms with Crippen LogP contribution in [0.3, 0.4) is 0 Å². The molecule has 4 fully saturated rings. The summed E-state index contributed by atoms with van der Waals surface area (Å²) in [5.41, 5.74) is 1.68. The lowest BCUT2D eigenvalue weighted by atomic mass is 9.60. The monoisotopic (exact) mass is 190 g/mol. The quantitative estimate of drug-likeness (QED) is 0.591. The fourth-order valence-corrected chi connectivity index (χ4v) is 5.90. The van der Waals surface area contributed by atoms with E-state index < -0.39 is 0 Å². The molecule has 0 aromatic heterocycles. The summed E-state index contributed by atoms with van der Waals surface area (Å²) < 4.78 is 0. The highest BCUT2D eigenvalue weighted by atomic mass is 14.9. The van der Waals surface area contributed by atoms with Crippen LogP contribution in [0.1, 0.15) is 46.5 Å². The Morgan fingerprint density at radius 3 is 2.21 bits per heavy atom. The van der Waals surface area contributed by atoms with Gasteiger partial charge >= 0.3 is 0 Å². The second-order valence-electron chi connectivity index (χ2n) is 7.09. The summed E-state index contributed by atoms with van der Waals surface area (Å²) in [6.45, 7) is 7.59. The van der Waals surface area contributed by atoms with Crippen molar-refractivity contribution in [3.63, 3.8) is 0 Å². The van der Waals surface area contributed by atoms with Gasteiger partial charge in [-0.2, -0.15) is 0 Å². The molecule has 0 amide bonds. The molecule has 1 spiro atoms. The van der Waals surface area contributed by atoms with Crippen molar-refractivity contribution in [1.29, 1.82) is 0 Å². The lowest BCUT2D eigenvalue weighted by molar-refractivity contribution is 0.0327. The van der Waals surface area contributed by atoms with Gasteiger partial charge in [-0.1, -0.05) is 20.8 Å². The van der Waals surface area contributed by atoms with Crippen molar-refractivity contribution in [2.24, 2.45) is 40.4 Å². The average molecular weight is 190 g/mol. The maximum Gasteiger partial charge on any atom is -0.0176 e. The second kappa shape index (κ2) is 1.95. The molecule has 7 atom stereocenters. The van der Waals surface area contributed by atoms with Gasteiger partial charge in [-0.15, -0.1) is 0 Å². The first-order valence-electron chi connectivity index (χ1n) is 6.61. The zero-order valence-electron chi connectivity index (χ0n) is 9.72. The van der Waals surface area contributed by atoms with Crippen LogP contribution in [0.25, 0.3) is 0 Å². The fourth-order valence-electron chi connectivity index (χ4n) is 5.90. The standard InChI is InChI=1S/C14H22/c1-8-4-5-10-11-6-12(14(8,10)11)13(3)7-9(13)2/h8-12H,4-7H2,1-3H3. The van der Waals surface area contributed by atoms with E-state index in [-0.39, 0.29) is 0 Å². The van der Waals surface area contributed by atoms with Crippen LogP contribution < -0.4 is 0 Å². The minimum atomic E-state index is 0.782. The highest BCUT2D eigenvalue weighted by Gasteiger charge is 2.83. The highest BCUT2D eigenvalue weighted by Crippen LogP contribution is 2.88. The molecule has 0 nitrogen and oxygen atoms in total. The minimum Gasteiger partial charge on any atom is -0.0620 e. The summed E-state index contributed by atoms with van der Waals surface area (Å²) in [4.78, 5) is 0. The molecule has 0 saturated heterocycles. The van der Waals surface area contributed by atoms with E-state index in [1.165, 1.54) is 18.3 Å². The number of fused-ring (bicyclic) bond motifs is 1. The molecular weight excluding hydrogens is 168 g/mol. The number of hydrogen-bond acceptors (Lipinski definition) is 0. The van der Waals surface area contributed by atoms with Crippen LogP contribution in [0.15, 0.2) is 0 Å². The van der Waals surface area contributed by atoms with Crippen molar-refractivity contribution in [3.05, 3.63) is 0 Å². The van der Waals surface area contributed by atoms with E-state index in [0.717, 1.165) is 28.6 Å². The molecule has 4 aliphatic carbocycles. The molecule has 0 heterocycles. The summed E-state index contributed by atoms with van der Waals surface area (Å²) in [7, 11) is 0. The fraction of sp³-hybridized carbons (Fsp3) is 1.00. The first-order valence-corrected chi connectivity index (χ1v) is 6.61. The Morgan fingerprint density at radius 1 is 1.00 bits per heavy atom. The van der Waals surface area contributed by atoms with Crippen LogP contribution in [-0.4, -0.2) is 0 Å². The lowest BCUT2D eigenvalue weighted by Gasteiger charge is -2.44. The number of rotatable bonds is 1. The second-order valence-corrected chi connectivity index (χ2v) is 7.09. The van der Waals surface area contributed by atoms with Crippen LogP contribution >= 0.6 is 0 Å². The Morgan fingerprint density at radius 2 is 1.71 bits per heavy atom. The van der Waals surface area contributed by atoms with E-state index in [4.69, 9.17) is 0 Å². The van der Waals surface area contributed by atoms with Crippen molar-refractivity contribution in [3.8, 4) is 0 Å². The lowest BCUT2D eigenvalue weighted by Crippen LogP contribution is -2.39. The van der Waals surface area contributed by atoms with Gasteiger partial charge < -0.3 is 0 Å². The third-order valence-electron chi connectivity index (χ3n) is 7.03. The zero-order valence-corrected chi connectivity index (χ0v) is 9.72.